The highest BCUT2D eigenvalue weighted by atomic mass is 31.2. The Labute approximate surface area is 452 Å². The van der Waals surface area contributed by atoms with Gasteiger partial charge < -0.3 is 19.4 Å². The van der Waals surface area contributed by atoms with Crippen LogP contribution in [0.4, 0.5) is 0 Å². The monoisotopic (exact) mass is 1050 g/mol. The van der Waals surface area contributed by atoms with E-state index in [2.05, 4.69) is 62.5 Å². The maximum atomic E-state index is 13.5. The van der Waals surface area contributed by atoms with E-state index in [0.29, 0.717) is 23.9 Å². The fourth-order valence-corrected chi connectivity index (χ4v) is 9.63. The lowest BCUT2D eigenvalue weighted by atomic mass is 10.0. The van der Waals surface area contributed by atoms with E-state index in [1.807, 2.05) is 33.3 Å². The number of nitrogens with one attached hydrogen (secondary N) is 1. The zero-order chi connectivity index (χ0) is 53.6. The van der Waals surface area contributed by atoms with E-state index in [9.17, 15) is 19.0 Å². The van der Waals surface area contributed by atoms with Crippen LogP contribution in [-0.4, -0.2) is 74.3 Å². The van der Waals surface area contributed by atoms with Gasteiger partial charge in [0.15, 0.2) is 0 Å². The van der Waals surface area contributed by atoms with Crippen molar-refractivity contribution in [1.29, 1.82) is 0 Å². The maximum absolute atomic E-state index is 13.5. The van der Waals surface area contributed by atoms with Crippen LogP contribution in [0.25, 0.3) is 0 Å². The number of amides is 1. The number of likely N-dealkylation sites (N-methyl/N-ethyl adjacent to an activating group) is 1. The Hall–Kier alpha value is -2.03. The molecule has 428 valence electrons. The summed E-state index contributed by atoms with van der Waals surface area (Å²) >= 11 is 0. The average Bonchev–Trinajstić information content (AvgIpc) is 3.35. The molecule has 0 aliphatic heterocycles. The molecule has 3 unspecified atom stereocenters. The molecule has 9 nitrogen and oxygen atoms in total. The molecule has 0 rings (SSSR count). The van der Waals surface area contributed by atoms with Crippen molar-refractivity contribution in [2.24, 2.45) is 0 Å². The first-order valence-electron chi connectivity index (χ1n) is 31.0. The first-order chi connectivity index (χ1) is 35.4. The zero-order valence-corrected chi connectivity index (χ0v) is 49.8. The standard InChI is InChI=1S/C63H119N2O7P/c1-7-10-13-16-19-22-25-26-27-28-29-30-31-32-33-34-35-36-37-38-41-44-47-50-53-56-63(67)72-61(54-51-48-45-42-39-23-20-17-14-11-8-2)60(59-71-73(68,69)70-58-57-65(4,5)6)64-62(66)55-52-49-46-43-40-24-21-18-15-12-9-3/h18-19,21-22,26-27,51,54,60-61H,7-17,20,23-25,28-50,52-53,55-59H2,1-6H3,(H-,64,66,68,69)/p+1/b21-18-,22-19-,27-26-,54-51-. The molecule has 0 aromatic rings. The summed E-state index contributed by atoms with van der Waals surface area (Å²) in [5.74, 6) is -0.510. The Morgan fingerprint density at radius 2 is 0.849 bits per heavy atom. The van der Waals surface area contributed by atoms with Gasteiger partial charge in [0.05, 0.1) is 33.8 Å². The molecule has 0 fully saturated rings. The first-order valence-corrected chi connectivity index (χ1v) is 32.5. The second-order valence-electron chi connectivity index (χ2n) is 22.2. The van der Waals surface area contributed by atoms with Crippen LogP contribution in [0, 0.1) is 0 Å². The molecule has 0 bridgehead atoms. The van der Waals surface area contributed by atoms with Crippen LogP contribution in [0.1, 0.15) is 290 Å². The Morgan fingerprint density at radius 1 is 0.479 bits per heavy atom. The number of nitrogens with zero attached hydrogens (tertiary/aromatic N) is 1. The Morgan fingerprint density at radius 3 is 1.32 bits per heavy atom. The van der Waals surface area contributed by atoms with Gasteiger partial charge in [0.2, 0.25) is 5.91 Å². The smallest absolute Gasteiger partial charge is 0.456 e. The van der Waals surface area contributed by atoms with Gasteiger partial charge in [-0.25, -0.2) is 4.57 Å². The van der Waals surface area contributed by atoms with Gasteiger partial charge in [-0.1, -0.05) is 243 Å². The Balaban J connectivity index is 5.02. The molecule has 0 aliphatic carbocycles. The number of ether oxygens (including phenoxy) is 1. The van der Waals surface area contributed by atoms with Gasteiger partial charge in [0.1, 0.15) is 19.3 Å². The summed E-state index contributed by atoms with van der Waals surface area (Å²) in [6.45, 7) is 6.95. The van der Waals surface area contributed by atoms with Crippen LogP contribution in [0.15, 0.2) is 48.6 Å². The fraction of sp³-hybridized carbons (Fsp3) is 0.841. The van der Waals surface area contributed by atoms with Gasteiger partial charge in [0, 0.05) is 12.8 Å². The molecule has 3 atom stereocenters. The molecule has 0 heterocycles. The predicted molar refractivity (Wildman–Crippen MR) is 314 cm³/mol. The van der Waals surface area contributed by atoms with Crippen molar-refractivity contribution < 1.29 is 37.3 Å². The number of hydrogen-bond donors (Lipinski definition) is 2. The molecule has 0 aliphatic rings. The fourth-order valence-electron chi connectivity index (χ4n) is 8.89. The van der Waals surface area contributed by atoms with Crippen LogP contribution >= 0.6 is 7.82 Å². The zero-order valence-electron chi connectivity index (χ0n) is 48.9. The second-order valence-corrected chi connectivity index (χ2v) is 23.7. The van der Waals surface area contributed by atoms with Gasteiger partial charge in [-0.05, 0) is 83.1 Å². The number of carbonyl (C=O) groups excluding carboxylic acids is 2. The van der Waals surface area contributed by atoms with Crippen molar-refractivity contribution in [3.8, 4) is 0 Å². The molecule has 1 amide bonds. The van der Waals surface area contributed by atoms with Crippen LogP contribution in [0.5, 0.6) is 0 Å². The predicted octanol–water partition coefficient (Wildman–Crippen LogP) is 18.9. The lowest BCUT2D eigenvalue weighted by Gasteiger charge is -2.27. The highest BCUT2D eigenvalue weighted by Crippen LogP contribution is 2.43. The molecular weight excluding hydrogens is 928 g/mol. The number of rotatable bonds is 56. The summed E-state index contributed by atoms with van der Waals surface area (Å²) in [6, 6.07) is -0.849. The summed E-state index contributed by atoms with van der Waals surface area (Å²) in [5, 5.41) is 3.04. The summed E-state index contributed by atoms with van der Waals surface area (Å²) in [6.07, 6.45) is 65.5. The third kappa shape index (κ3) is 54.6. The SMILES string of the molecule is CCCC/C=C\CCCCCCCC(=O)NC(COP(=O)(O)OCC[N+](C)(C)C)C(/C=C\CCCCCCCCCCC)OC(=O)CCCCCCCCCCCCCCCCC/C=C\C/C=C\CCCCC. The summed E-state index contributed by atoms with van der Waals surface area (Å²) in [4.78, 5) is 37.6. The van der Waals surface area contributed by atoms with E-state index in [0.717, 1.165) is 89.9 Å². The van der Waals surface area contributed by atoms with Crippen molar-refractivity contribution in [1.82, 2.24) is 5.32 Å². The van der Waals surface area contributed by atoms with Gasteiger partial charge in [-0.2, -0.15) is 0 Å². The van der Waals surface area contributed by atoms with Gasteiger partial charge >= 0.3 is 13.8 Å². The van der Waals surface area contributed by atoms with Crippen molar-refractivity contribution >= 4 is 19.7 Å². The topological polar surface area (TPSA) is 111 Å². The van der Waals surface area contributed by atoms with Crippen molar-refractivity contribution in [2.45, 2.75) is 303 Å². The normalized spacial score (nSPS) is 14.0. The van der Waals surface area contributed by atoms with E-state index < -0.39 is 20.0 Å². The van der Waals surface area contributed by atoms with E-state index in [1.165, 1.54) is 167 Å². The first kappa shape index (κ1) is 71.0. The number of esters is 1. The van der Waals surface area contributed by atoms with Crippen molar-refractivity contribution in [3.05, 3.63) is 48.6 Å². The number of phosphoric acid groups is 1. The second kappa shape index (κ2) is 53.4. The van der Waals surface area contributed by atoms with Gasteiger partial charge in [-0.3, -0.25) is 18.6 Å². The largest absolute Gasteiger partial charge is 0.472 e. The van der Waals surface area contributed by atoms with Crippen molar-refractivity contribution in [3.63, 3.8) is 0 Å². The van der Waals surface area contributed by atoms with Crippen molar-refractivity contribution in [2.75, 3.05) is 40.9 Å². The summed E-state index contributed by atoms with van der Waals surface area (Å²) in [7, 11) is 1.50. The molecule has 0 radical (unpaired) electrons. The molecule has 10 heteroatoms. The molecule has 0 saturated carbocycles. The molecule has 2 N–H and O–H groups in total. The highest BCUT2D eigenvalue weighted by molar-refractivity contribution is 7.47. The third-order valence-corrected chi connectivity index (χ3v) is 14.7. The quantitative estimate of drug-likeness (QED) is 0.0205. The van der Waals surface area contributed by atoms with E-state index in [4.69, 9.17) is 13.8 Å². The number of carbonyl (C=O) groups is 2. The number of unbranched alkanes of at least 4 members (excludes halogenated alkanes) is 34. The maximum Gasteiger partial charge on any atom is 0.472 e. The molecule has 0 saturated heterocycles. The third-order valence-electron chi connectivity index (χ3n) is 13.7. The highest BCUT2D eigenvalue weighted by Gasteiger charge is 2.30. The van der Waals surface area contributed by atoms with Crippen LogP contribution in [0.3, 0.4) is 0 Å². The molecule has 73 heavy (non-hydrogen) atoms. The number of allylic oxidation sites excluding steroid dienone is 7. The summed E-state index contributed by atoms with van der Waals surface area (Å²) < 4.78 is 30.6. The van der Waals surface area contributed by atoms with Crippen LogP contribution in [-0.2, 0) is 27.9 Å². The molecular formula is C63H120N2O7P+. The number of quaternary nitrogens is 1. The lowest BCUT2D eigenvalue weighted by Crippen LogP contribution is -2.47. The Kier molecular flexibility index (Phi) is 51.9. The summed E-state index contributed by atoms with van der Waals surface area (Å²) in [5.41, 5.74) is 0. The lowest BCUT2D eigenvalue weighted by molar-refractivity contribution is -0.870. The minimum absolute atomic E-state index is 0.0394. The number of hydrogen-bond acceptors (Lipinski definition) is 6. The van der Waals surface area contributed by atoms with Gasteiger partial charge in [0.25, 0.3) is 0 Å². The van der Waals surface area contributed by atoms with Crippen LogP contribution < -0.4 is 5.32 Å². The molecule has 0 aromatic carbocycles. The minimum Gasteiger partial charge on any atom is -0.456 e. The minimum atomic E-state index is -4.44. The number of phosphoric ester groups is 1. The van der Waals surface area contributed by atoms with E-state index in [1.54, 1.807) is 0 Å². The van der Waals surface area contributed by atoms with Crippen LogP contribution in [0.2, 0.25) is 0 Å². The average molecular weight is 1050 g/mol. The van der Waals surface area contributed by atoms with E-state index >= 15 is 0 Å². The van der Waals surface area contributed by atoms with Gasteiger partial charge in [-0.15, -0.1) is 0 Å². The molecule has 0 aromatic heterocycles. The van der Waals surface area contributed by atoms with E-state index in [-0.39, 0.29) is 25.1 Å². The molecule has 0 spiro atoms. The Bertz CT molecular complexity index is 1390.